The standard InChI is InChI=1S/C18H22N4O3/c1-18(2,3)22-14(10-4-5-10)7-13(21-22)17(23)20-12-8-16-15(6-11(12)19)24-9-25-16/h6-8,10H,4-5,9,19H2,1-3H3,(H,20,23). The van der Waals surface area contributed by atoms with Crippen LogP contribution in [0.4, 0.5) is 11.4 Å². The van der Waals surface area contributed by atoms with Crippen molar-refractivity contribution in [3.05, 3.63) is 29.6 Å². The van der Waals surface area contributed by atoms with Gasteiger partial charge in [0.25, 0.3) is 5.91 Å². The van der Waals surface area contributed by atoms with Gasteiger partial charge in [-0.25, -0.2) is 0 Å². The van der Waals surface area contributed by atoms with Gasteiger partial charge in [-0.15, -0.1) is 0 Å². The Balaban J connectivity index is 1.62. The van der Waals surface area contributed by atoms with E-state index in [1.165, 1.54) is 0 Å². The van der Waals surface area contributed by atoms with E-state index in [-0.39, 0.29) is 18.2 Å². The summed E-state index contributed by atoms with van der Waals surface area (Å²) in [4.78, 5) is 12.7. The van der Waals surface area contributed by atoms with Gasteiger partial charge in [-0.05, 0) is 39.7 Å². The molecule has 1 saturated carbocycles. The molecule has 1 amide bonds. The predicted molar refractivity (Wildman–Crippen MR) is 94.1 cm³/mol. The van der Waals surface area contributed by atoms with Gasteiger partial charge in [0.05, 0.1) is 16.9 Å². The first-order chi connectivity index (χ1) is 11.8. The van der Waals surface area contributed by atoms with E-state index in [2.05, 4.69) is 31.2 Å². The number of anilines is 2. The summed E-state index contributed by atoms with van der Waals surface area (Å²) in [6.07, 6.45) is 2.30. The highest BCUT2D eigenvalue weighted by Crippen LogP contribution is 2.42. The van der Waals surface area contributed by atoms with Gasteiger partial charge >= 0.3 is 0 Å². The molecule has 0 bridgehead atoms. The summed E-state index contributed by atoms with van der Waals surface area (Å²) < 4.78 is 12.6. The lowest BCUT2D eigenvalue weighted by atomic mass is 10.1. The van der Waals surface area contributed by atoms with Crippen LogP contribution in [0.25, 0.3) is 0 Å². The molecule has 7 heteroatoms. The lowest BCUT2D eigenvalue weighted by Crippen LogP contribution is -2.25. The number of fused-ring (bicyclic) bond motifs is 1. The maximum absolute atomic E-state index is 12.7. The van der Waals surface area contributed by atoms with Crippen LogP contribution in [0.15, 0.2) is 18.2 Å². The Morgan fingerprint density at radius 1 is 1.24 bits per heavy atom. The van der Waals surface area contributed by atoms with Crippen LogP contribution in [-0.4, -0.2) is 22.5 Å². The molecule has 2 aromatic rings. The van der Waals surface area contributed by atoms with Gasteiger partial charge in [0, 0.05) is 23.7 Å². The number of hydrogen-bond donors (Lipinski definition) is 2. The van der Waals surface area contributed by atoms with Gasteiger partial charge in [0.15, 0.2) is 17.2 Å². The second-order valence-electron chi connectivity index (χ2n) is 7.56. The Hall–Kier alpha value is -2.70. The molecular weight excluding hydrogens is 320 g/mol. The highest BCUT2D eigenvalue weighted by atomic mass is 16.7. The highest BCUT2D eigenvalue weighted by molar-refractivity contribution is 6.04. The second-order valence-corrected chi connectivity index (χ2v) is 7.56. The van der Waals surface area contributed by atoms with Crippen molar-refractivity contribution in [2.45, 2.75) is 45.1 Å². The lowest BCUT2D eigenvalue weighted by molar-refractivity contribution is 0.102. The van der Waals surface area contributed by atoms with Crippen LogP contribution in [-0.2, 0) is 5.54 Å². The number of benzene rings is 1. The number of ether oxygens (including phenoxy) is 2. The van der Waals surface area contributed by atoms with Crippen molar-refractivity contribution < 1.29 is 14.3 Å². The molecule has 1 aromatic heterocycles. The average molecular weight is 342 g/mol. The van der Waals surface area contributed by atoms with Crippen molar-refractivity contribution in [1.82, 2.24) is 9.78 Å². The maximum Gasteiger partial charge on any atom is 0.276 e. The molecule has 132 valence electrons. The molecule has 0 saturated heterocycles. The van der Waals surface area contributed by atoms with Crippen molar-refractivity contribution in [3.63, 3.8) is 0 Å². The van der Waals surface area contributed by atoms with Crippen LogP contribution in [0, 0.1) is 0 Å². The number of carbonyl (C=O) groups excluding carboxylic acids is 1. The second kappa shape index (κ2) is 5.40. The van der Waals surface area contributed by atoms with E-state index in [1.54, 1.807) is 12.1 Å². The molecule has 0 unspecified atom stereocenters. The summed E-state index contributed by atoms with van der Waals surface area (Å²) in [7, 11) is 0. The van der Waals surface area contributed by atoms with E-state index in [4.69, 9.17) is 15.2 Å². The third-order valence-corrected chi connectivity index (χ3v) is 4.39. The Morgan fingerprint density at radius 2 is 1.92 bits per heavy atom. The first-order valence-corrected chi connectivity index (χ1v) is 8.44. The molecular formula is C18H22N4O3. The first kappa shape index (κ1) is 15.8. The summed E-state index contributed by atoms with van der Waals surface area (Å²) in [5, 5.41) is 7.38. The minimum atomic E-state index is -0.282. The Labute approximate surface area is 146 Å². The van der Waals surface area contributed by atoms with E-state index < -0.39 is 0 Å². The van der Waals surface area contributed by atoms with Gasteiger partial charge in [-0.1, -0.05) is 0 Å². The Kier molecular flexibility index (Phi) is 3.42. The van der Waals surface area contributed by atoms with Crippen LogP contribution in [0.2, 0.25) is 0 Å². The van der Waals surface area contributed by atoms with E-state index >= 15 is 0 Å². The van der Waals surface area contributed by atoms with Gasteiger partial charge in [0.1, 0.15) is 0 Å². The number of hydrogen-bond acceptors (Lipinski definition) is 5. The van der Waals surface area contributed by atoms with Crippen LogP contribution in [0.3, 0.4) is 0 Å². The topological polar surface area (TPSA) is 91.4 Å². The minimum Gasteiger partial charge on any atom is -0.454 e. The van der Waals surface area contributed by atoms with Gasteiger partial charge in [-0.3, -0.25) is 9.48 Å². The van der Waals surface area contributed by atoms with Crippen LogP contribution < -0.4 is 20.5 Å². The first-order valence-electron chi connectivity index (χ1n) is 8.44. The monoisotopic (exact) mass is 342 g/mol. The smallest absolute Gasteiger partial charge is 0.276 e. The number of nitrogen functional groups attached to an aromatic ring is 1. The number of nitrogens with one attached hydrogen (secondary N) is 1. The number of carbonyl (C=O) groups is 1. The molecule has 2 heterocycles. The predicted octanol–water partition coefficient (Wildman–Crippen LogP) is 3.08. The Bertz CT molecular complexity index is 847. The van der Waals surface area contributed by atoms with E-state index in [9.17, 15) is 4.79 Å². The molecule has 0 radical (unpaired) electrons. The minimum absolute atomic E-state index is 0.160. The molecule has 1 aliphatic carbocycles. The third-order valence-electron chi connectivity index (χ3n) is 4.39. The summed E-state index contributed by atoms with van der Waals surface area (Å²) in [6, 6.07) is 5.22. The zero-order valence-electron chi connectivity index (χ0n) is 14.6. The van der Waals surface area contributed by atoms with Crippen LogP contribution >= 0.6 is 0 Å². The normalized spacial score (nSPS) is 16.1. The molecule has 1 aromatic carbocycles. The van der Waals surface area contributed by atoms with E-state index in [0.717, 1.165) is 18.5 Å². The Morgan fingerprint density at radius 3 is 2.56 bits per heavy atom. The fourth-order valence-electron chi connectivity index (χ4n) is 2.97. The van der Waals surface area contributed by atoms with E-state index in [1.807, 2.05) is 10.7 Å². The molecule has 25 heavy (non-hydrogen) atoms. The maximum atomic E-state index is 12.7. The molecule has 1 fully saturated rings. The van der Waals surface area contributed by atoms with Gasteiger partial charge < -0.3 is 20.5 Å². The number of nitrogens with zero attached hydrogens (tertiary/aromatic N) is 2. The average Bonchev–Trinajstić information content (AvgIpc) is 3.10. The lowest BCUT2D eigenvalue weighted by Gasteiger charge is -2.22. The van der Waals surface area contributed by atoms with Crippen molar-refractivity contribution in [1.29, 1.82) is 0 Å². The molecule has 2 aliphatic rings. The highest BCUT2D eigenvalue weighted by Gasteiger charge is 2.32. The van der Waals surface area contributed by atoms with E-state index in [0.29, 0.717) is 34.5 Å². The number of amides is 1. The summed E-state index contributed by atoms with van der Waals surface area (Å²) in [5.74, 6) is 1.38. The third kappa shape index (κ3) is 2.90. The quantitative estimate of drug-likeness (QED) is 0.837. The summed E-state index contributed by atoms with van der Waals surface area (Å²) in [5.41, 5.74) is 8.27. The largest absolute Gasteiger partial charge is 0.454 e. The number of aromatic nitrogens is 2. The SMILES string of the molecule is CC(C)(C)n1nc(C(=O)Nc2cc3c(cc2N)OCO3)cc1C1CC1. The van der Waals surface area contributed by atoms with Gasteiger partial charge in [-0.2, -0.15) is 5.10 Å². The zero-order chi connectivity index (χ0) is 17.8. The molecule has 4 rings (SSSR count). The fourth-order valence-corrected chi connectivity index (χ4v) is 2.97. The summed E-state index contributed by atoms with van der Waals surface area (Å²) >= 11 is 0. The van der Waals surface area contributed by atoms with Gasteiger partial charge in [0.2, 0.25) is 6.79 Å². The van der Waals surface area contributed by atoms with Crippen LogP contribution in [0.1, 0.15) is 55.7 Å². The van der Waals surface area contributed by atoms with Crippen molar-refractivity contribution in [2.75, 3.05) is 17.8 Å². The van der Waals surface area contributed by atoms with Crippen molar-refractivity contribution >= 4 is 17.3 Å². The molecule has 7 nitrogen and oxygen atoms in total. The molecule has 0 atom stereocenters. The van der Waals surface area contributed by atoms with Crippen LogP contribution in [0.5, 0.6) is 11.5 Å². The number of nitrogens with two attached hydrogens (primary N) is 1. The molecule has 0 spiro atoms. The van der Waals surface area contributed by atoms with Crippen molar-refractivity contribution in [3.8, 4) is 11.5 Å². The zero-order valence-corrected chi connectivity index (χ0v) is 14.6. The summed E-state index contributed by atoms with van der Waals surface area (Å²) in [6.45, 7) is 6.42. The van der Waals surface area contributed by atoms with Crippen molar-refractivity contribution in [2.24, 2.45) is 0 Å². The molecule has 1 aliphatic heterocycles. The fraction of sp³-hybridized carbons (Fsp3) is 0.444. The molecule has 3 N–H and O–H groups in total. The number of rotatable bonds is 3.